The summed E-state index contributed by atoms with van der Waals surface area (Å²) in [6.45, 7) is 4.32. The third kappa shape index (κ3) is 5.04. The summed E-state index contributed by atoms with van der Waals surface area (Å²) < 4.78 is 68.1. The van der Waals surface area contributed by atoms with Crippen LogP contribution in [0.15, 0.2) is 66.1 Å². The van der Waals surface area contributed by atoms with Crippen molar-refractivity contribution < 1.29 is 21.6 Å². The number of likely N-dealkylation sites (N-methyl/N-ethyl adjacent to an activating group) is 1. The van der Waals surface area contributed by atoms with Crippen LogP contribution in [0.25, 0.3) is 22.2 Å². The molecule has 3 aromatic heterocycles. The first kappa shape index (κ1) is 27.0. The van der Waals surface area contributed by atoms with Gasteiger partial charge < -0.3 is 4.90 Å². The molecule has 1 saturated heterocycles. The first-order valence-corrected chi connectivity index (χ1v) is 14.9. The quantitative estimate of drug-likeness (QED) is 0.339. The number of halogens is 3. The van der Waals surface area contributed by atoms with Crippen LogP contribution < -0.4 is 0 Å². The average Bonchev–Trinajstić information content (AvgIpc) is 3.60. The van der Waals surface area contributed by atoms with Gasteiger partial charge in [-0.15, -0.1) is 13.2 Å². The van der Waals surface area contributed by atoms with Crippen LogP contribution in [0, 0.1) is 0 Å². The number of pyridine rings is 1. The van der Waals surface area contributed by atoms with Gasteiger partial charge in [0.15, 0.2) is 5.65 Å². The molecule has 0 atom stereocenters. The molecule has 4 heterocycles. The highest BCUT2D eigenvalue weighted by Crippen LogP contribution is 2.39. The Hall–Kier alpha value is -3.22. The van der Waals surface area contributed by atoms with Gasteiger partial charge in [-0.2, -0.15) is 9.78 Å². The fourth-order valence-corrected chi connectivity index (χ4v) is 7.35. The highest BCUT2D eigenvalue weighted by molar-refractivity contribution is 7.90. The van der Waals surface area contributed by atoms with Crippen LogP contribution in [0.4, 0.5) is 13.2 Å². The number of alkyl halides is 3. The molecule has 4 aromatic rings. The molecule has 8 nitrogen and oxygen atoms in total. The lowest BCUT2D eigenvalue weighted by molar-refractivity contribution is -0.212. The topological polar surface area (TPSA) is 76.3 Å². The molecule has 0 spiro atoms. The highest BCUT2D eigenvalue weighted by Gasteiger charge is 2.33. The second-order valence-corrected chi connectivity index (χ2v) is 12.6. The highest BCUT2D eigenvalue weighted by atomic mass is 32.2. The summed E-state index contributed by atoms with van der Waals surface area (Å²) >= 11 is 0. The largest absolute Gasteiger partial charge is 0.504 e. The van der Waals surface area contributed by atoms with E-state index in [-0.39, 0.29) is 26.7 Å². The Morgan fingerprint density at radius 2 is 1.62 bits per heavy atom. The standard InChI is InChI=1S/C28H31F3N6O2S/c1-34-11-13-35(14-12-34)23-9-7-20(8-10-23)21-15-25-26(22-17-33-37(18-22)28(29,30)31)19-36(27(25)32-16-21)40(38,39)24-5-3-2-4-6-24/h2-6,15-20,23H,7-14H2,1H3. The Morgan fingerprint density at radius 1 is 0.925 bits per heavy atom. The second-order valence-electron chi connectivity index (χ2n) is 10.8. The monoisotopic (exact) mass is 572 g/mol. The van der Waals surface area contributed by atoms with E-state index in [1.165, 1.54) is 18.3 Å². The number of rotatable bonds is 5. The van der Waals surface area contributed by atoms with Crippen LogP contribution >= 0.6 is 0 Å². The SMILES string of the molecule is CN1CCN(C2CCC(c3cnc4c(c3)c(-c3cnn(C(F)(F)F)c3)cn4S(=O)(=O)c3ccccc3)CC2)CC1. The minimum absolute atomic E-state index is 0.0672. The maximum atomic E-state index is 13.6. The molecular weight excluding hydrogens is 541 g/mol. The van der Waals surface area contributed by atoms with Crippen LogP contribution in [-0.4, -0.2) is 76.2 Å². The maximum absolute atomic E-state index is 13.6. The molecule has 0 N–H and O–H groups in total. The number of aromatic nitrogens is 4. The number of hydrogen-bond acceptors (Lipinski definition) is 6. The average molecular weight is 573 g/mol. The number of fused-ring (bicyclic) bond motifs is 1. The second kappa shape index (κ2) is 10.3. The summed E-state index contributed by atoms with van der Waals surface area (Å²) in [4.78, 5) is 9.59. The van der Waals surface area contributed by atoms with Crippen molar-refractivity contribution in [2.24, 2.45) is 0 Å². The minimum Gasteiger partial charge on any atom is -0.304 e. The normalized spacial score (nSPS) is 21.7. The molecule has 6 rings (SSSR count). The van der Waals surface area contributed by atoms with Gasteiger partial charge in [0.1, 0.15) is 0 Å². The van der Waals surface area contributed by atoms with Gasteiger partial charge in [-0.3, -0.25) is 4.90 Å². The van der Waals surface area contributed by atoms with Crippen molar-refractivity contribution in [3.05, 3.63) is 66.7 Å². The van der Waals surface area contributed by atoms with Gasteiger partial charge in [0.05, 0.1) is 11.1 Å². The van der Waals surface area contributed by atoms with Crippen LogP contribution in [0.3, 0.4) is 0 Å². The van der Waals surface area contributed by atoms with Gasteiger partial charge in [0.25, 0.3) is 10.0 Å². The van der Waals surface area contributed by atoms with E-state index >= 15 is 0 Å². The van der Waals surface area contributed by atoms with Crippen LogP contribution in [-0.2, 0) is 16.3 Å². The number of hydrogen-bond donors (Lipinski definition) is 0. The number of benzene rings is 1. The zero-order valence-electron chi connectivity index (χ0n) is 22.1. The number of nitrogens with zero attached hydrogens (tertiary/aromatic N) is 6. The molecule has 1 aromatic carbocycles. The van der Waals surface area contributed by atoms with Gasteiger partial charge in [0, 0.05) is 67.3 Å². The molecule has 1 aliphatic heterocycles. The van der Waals surface area contributed by atoms with Crippen LogP contribution in [0.5, 0.6) is 0 Å². The lowest BCUT2D eigenvalue weighted by Gasteiger charge is -2.41. The summed E-state index contributed by atoms with van der Waals surface area (Å²) in [7, 11) is -1.89. The van der Waals surface area contributed by atoms with Gasteiger partial charge in [-0.05, 0) is 62.4 Å². The molecule has 2 fully saturated rings. The lowest BCUT2D eigenvalue weighted by atomic mass is 9.81. The summed E-state index contributed by atoms with van der Waals surface area (Å²) in [5.74, 6) is 0.250. The van der Waals surface area contributed by atoms with Gasteiger partial charge in [-0.1, -0.05) is 18.2 Å². The molecule has 1 saturated carbocycles. The van der Waals surface area contributed by atoms with Gasteiger partial charge in [-0.25, -0.2) is 17.4 Å². The Morgan fingerprint density at radius 3 is 2.27 bits per heavy atom. The van der Waals surface area contributed by atoms with Gasteiger partial charge >= 0.3 is 6.30 Å². The number of piperazine rings is 1. The maximum Gasteiger partial charge on any atom is 0.504 e. The predicted octanol–water partition coefficient (Wildman–Crippen LogP) is 4.89. The molecule has 212 valence electrons. The minimum atomic E-state index is -4.68. The van der Waals surface area contributed by atoms with E-state index in [1.807, 2.05) is 6.07 Å². The van der Waals surface area contributed by atoms with Crippen molar-refractivity contribution in [2.45, 2.75) is 48.8 Å². The van der Waals surface area contributed by atoms with E-state index in [0.717, 1.165) is 73.8 Å². The molecule has 1 aliphatic carbocycles. The predicted molar refractivity (Wildman–Crippen MR) is 145 cm³/mol. The van der Waals surface area contributed by atoms with Crippen molar-refractivity contribution in [3.63, 3.8) is 0 Å². The first-order chi connectivity index (χ1) is 19.1. The molecule has 0 radical (unpaired) electrons. The van der Waals surface area contributed by atoms with Crippen molar-refractivity contribution in [3.8, 4) is 11.1 Å². The Kier molecular flexibility index (Phi) is 6.96. The summed E-state index contributed by atoms with van der Waals surface area (Å²) in [5, 5.41) is 3.96. The van der Waals surface area contributed by atoms with Crippen molar-refractivity contribution in [1.29, 1.82) is 0 Å². The van der Waals surface area contributed by atoms with E-state index in [0.29, 0.717) is 17.0 Å². The van der Waals surface area contributed by atoms with E-state index in [9.17, 15) is 21.6 Å². The molecule has 0 amide bonds. The smallest absolute Gasteiger partial charge is 0.304 e. The summed E-state index contributed by atoms with van der Waals surface area (Å²) in [5.41, 5.74) is 1.66. The third-order valence-corrected chi connectivity index (χ3v) is 9.97. The summed E-state index contributed by atoms with van der Waals surface area (Å²) in [6, 6.07) is 10.4. The lowest BCUT2D eigenvalue weighted by Crippen LogP contribution is -2.49. The first-order valence-electron chi connectivity index (χ1n) is 13.5. The Balaban J connectivity index is 1.36. The van der Waals surface area contributed by atoms with Crippen molar-refractivity contribution in [1.82, 2.24) is 28.5 Å². The van der Waals surface area contributed by atoms with Crippen molar-refractivity contribution >= 4 is 21.1 Å². The van der Waals surface area contributed by atoms with Crippen LogP contribution in [0.2, 0.25) is 0 Å². The van der Waals surface area contributed by atoms with E-state index in [4.69, 9.17) is 0 Å². The molecule has 40 heavy (non-hydrogen) atoms. The molecule has 0 unspecified atom stereocenters. The fraction of sp³-hybridized carbons (Fsp3) is 0.429. The van der Waals surface area contributed by atoms with E-state index < -0.39 is 16.3 Å². The van der Waals surface area contributed by atoms with E-state index in [1.54, 1.807) is 24.4 Å². The zero-order valence-corrected chi connectivity index (χ0v) is 22.9. The van der Waals surface area contributed by atoms with Crippen molar-refractivity contribution in [2.75, 3.05) is 33.2 Å². The molecular formula is C28H31F3N6O2S. The molecule has 0 bridgehead atoms. The van der Waals surface area contributed by atoms with Gasteiger partial charge in [0.2, 0.25) is 0 Å². The zero-order chi connectivity index (χ0) is 28.1. The van der Waals surface area contributed by atoms with E-state index in [2.05, 4.69) is 26.9 Å². The third-order valence-electron chi connectivity index (χ3n) is 8.31. The fourth-order valence-electron chi connectivity index (χ4n) is 6.00. The summed E-state index contributed by atoms with van der Waals surface area (Å²) in [6.07, 6.45) is 4.48. The van der Waals surface area contributed by atoms with Crippen LogP contribution in [0.1, 0.15) is 37.2 Å². The molecule has 12 heteroatoms. The Bertz CT molecular complexity index is 1600. The Labute approximate surface area is 231 Å². The molecule has 2 aliphatic rings.